The SMILES string of the molecule is COc1cc(C=NNc2nc(-c3ccccc3)c(C#N)c(=O)[nH]2)c(Cl)cc1OC(C)C. The van der Waals surface area contributed by atoms with Crippen molar-refractivity contribution in [1.82, 2.24) is 9.97 Å². The molecular weight excluding hydrogens is 418 g/mol. The highest BCUT2D eigenvalue weighted by molar-refractivity contribution is 6.33. The average molecular weight is 438 g/mol. The molecule has 0 saturated carbocycles. The maximum Gasteiger partial charge on any atom is 0.270 e. The summed E-state index contributed by atoms with van der Waals surface area (Å²) in [6, 6.07) is 14.2. The Morgan fingerprint density at radius 1 is 1.26 bits per heavy atom. The van der Waals surface area contributed by atoms with E-state index in [4.69, 9.17) is 21.1 Å². The molecule has 158 valence electrons. The van der Waals surface area contributed by atoms with E-state index in [9.17, 15) is 10.1 Å². The van der Waals surface area contributed by atoms with E-state index in [1.165, 1.54) is 13.3 Å². The van der Waals surface area contributed by atoms with Crippen LogP contribution in [0.25, 0.3) is 11.3 Å². The Hall–Kier alpha value is -3.83. The molecule has 0 saturated heterocycles. The Morgan fingerprint density at radius 2 is 2.00 bits per heavy atom. The normalized spacial score (nSPS) is 10.8. The second kappa shape index (κ2) is 9.78. The molecule has 0 amide bonds. The van der Waals surface area contributed by atoms with Gasteiger partial charge in [0.05, 0.1) is 30.1 Å². The first-order valence-corrected chi connectivity index (χ1v) is 9.73. The number of ether oxygens (including phenoxy) is 2. The summed E-state index contributed by atoms with van der Waals surface area (Å²) >= 11 is 6.33. The van der Waals surface area contributed by atoms with Gasteiger partial charge in [0.2, 0.25) is 5.95 Å². The molecule has 1 heterocycles. The molecule has 2 aromatic carbocycles. The van der Waals surface area contributed by atoms with Gasteiger partial charge in [-0.1, -0.05) is 41.9 Å². The van der Waals surface area contributed by atoms with Crippen LogP contribution in [0.15, 0.2) is 52.4 Å². The molecule has 3 rings (SSSR count). The summed E-state index contributed by atoms with van der Waals surface area (Å²) in [4.78, 5) is 19.1. The molecule has 0 atom stereocenters. The van der Waals surface area contributed by atoms with Crippen molar-refractivity contribution in [1.29, 1.82) is 5.26 Å². The van der Waals surface area contributed by atoms with Gasteiger partial charge in [-0.3, -0.25) is 9.78 Å². The van der Waals surface area contributed by atoms with Crippen LogP contribution in [0, 0.1) is 11.3 Å². The smallest absolute Gasteiger partial charge is 0.270 e. The van der Waals surface area contributed by atoms with Crippen LogP contribution in [0.2, 0.25) is 5.02 Å². The Labute approximate surface area is 184 Å². The zero-order chi connectivity index (χ0) is 22.4. The number of nitrogens with one attached hydrogen (secondary N) is 2. The van der Waals surface area contributed by atoms with Crippen molar-refractivity contribution in [2.75, 3.05) is 12.5 Å². The van der Waals surface area contributed by atoms with Crippen LogP contribution in [-0.2, 0) is 0 Å². The van der Waals surface area contributed by atoms with Crippen molar-refractivity contribution in [3.8, 4) is 28.8 Å². The van der Waals surface area contributed by atoms with Crippen molar-refractivity contribution in [3.05, 3.63) is 69.0 Å². The molecule has 0 aliphatic carbocycles. The number of hydrogen-bond donors (Lipinski definition) is 2. The van der Waals surface area contributed by atoms with Gasteiger partial charge in [-0.2, -0.15) is 10.4 Å². The number of anilines is 1. The van der Waals surface area contributed by atoms with Crippen LogP contribution < -0.4 is 20.5 Å². The van der Waals surface area contributed by atoms with E-state index < -0.39 is 5.56 Å². The van der Waals surface area contributed by atoms with Gasteiger partial charge in [-0.05, 0) is 19.9 Å². The molecular formula is C22H20ClN5O3. The maximum atomic E-state index is 12.3. The molecule has 31 heavy (non-hydrogen) atoms. The molecule has 0 radical (unpaired) electrons. The highest BCUT2D eigenvalue weighted by Crippen LogP contribution is 2.33. The summed E-state index contributed by atoms with van der Waals surface area (Å²) in [6.07, 6.45) is 1.42. The van der Waals surface area contributed by atoms with Crippen LogP contribution in [0.3, 0.4) is 0 Å². The lowest BCUT2D eigenvalue weighted by Gasteiger charge is -2.14. The summed E-state index contributed by atoms with van der Waals surface area (Å²) in [5.41, 5.74) is 3.51. The molecule has 0 unspecified atom stereocenters. The van der Waals surface area contributed by atoms with E-state index in [1.54, 1.807) is 36.4 Å². The molecule has 0 spiro atoms. The Kier molecular flexibility index (Phi) is 6.90. The first-order chi connectivity index (χ1) is 14.9. The minimum absolute atomic E-state index is 0.0377. The fourth-order valence-corrected chi connectivity index (χ4v) is 2.96. The summed E-state index contributed by atoms with van der Waals surface area (Å²) in [5.74, 6) is 1.12. The number of hydrazone groups is 1. The van der Waals surface area contributed by atoms with E-state index in [2.05, 4.69) is 20.5 Å². The Balaban J connectivity index is 1.89. The van der Waals surface area contributed by atoms with Gasteiger partial charge >= 0.3 is 0 Å². The molecule has 8 nitrogen and oxygen atoms in total. The zero-order valence-corrected chi connectivity index (χ0v) is 17.9. The highest BCUT2D eigenvalue weighted by Gasteiger charge is 2.13. The first-order valence-electron chi connectivity index (χ1n) is 9.36. The molecule has 1 aromatic heterocycles. The lowest BCUT2D eigenvalue weighted by atomic mass is 10.1. The van der Waals surface area contributed by atoms with Crippen molar-refractivity contribution in [3.63, 3.8) is 0 Å². The quantitative estimate of drug-likeness (QED) is 0.423. The summed E-state index contributed by atoms with van der Waals surface area (Å²) < 4.78 is 11.0. The third-order valence-corrected chi connectivity index (χ3v) is 4.43. The van der Waals surface area contributed by atoms with Crippen LogP contribution in [0.5, 0.6) is 11.5 Å². The largest absolute Gasteiger partial charge is 0.493 e. The predicted octanol–water partition coefficient (Wildman–Crippen LogP) is 4.20. The van der Waals surface area contributed by atoms with Gasteiger partial charge in [0.1, 0.15) is 11.6 Å². The number of nitriles is 1. The maximum absolute atomic E-state index is 12.3. The Bertz CT molecular complexity index is 1200. The van der Waals surface area contributed by atoms with E-state index >= 15 is 0 Å². The summed E-state index contributed by atoms with van der Waals surface area (Å²) in [6.45, 7) is 3.81. The van der Waals surface area contributed by atoms with Crippen LogP contribution >= 0.6 is 11.6 Å². The van der Waals surface area contributed by atoms with Crippen LogP contribution in [0.1, 0.15) is 25.0 Å². The zero-order valence-electron chi connectivity index (χ0n) is 17.1. The van der Waals surface area contributed by atoms with Gasteiger partial charge in [0, 0.05) is 17.2 Å². The topological polar surface area (TPSA) is 112 Å². The highest BCUT2D eigenvalue weighted by atomic mass is 35.5. The van der Waals surface area contributed by atoms with Crippen LogP contribution in [0.4, 0.5) is 5.95 Å². The van der Waals surface area contributed by atoms with Gasteiger partial charge in [-0.25, -0.2) is 10.4 Å². The van der Waals surface area contributed by atoms with Crippen molar-refractivity contribution in [2.24, 2.45) is 5.10 Å². The number of methoxy groups -OCH3 is 1. The standard InChI is InChI=1S/C22H20ClN5O3/c1-13(2)31-19-10-17(23)15(9-18(19)30-3)12-25-28-22-26-20(14-7-5-4-6-8-14)16(11-24)21(29)27-22/h4-10,12-13H,1-3H3,(H2,26,27,28,29). The van der Waals surface area contributed by atoms with Gasteiger partial charge in [-0.15, -0.1) is 0 Å². The molecule has 3 aromatic rings. The second-order valence-electron chi connectivity index (χ2n) is 6.68. The number of H-pyrrole nitrogens is 1. The van der Waals surface area contributed by atoms with Crippen LogP contribution in [-0.4, -0.2) is 29.4 Å². The third kappa shape index (κ3) is 5.21. The van der Waals surface area contributed by atoms with Gasteiger partial charge in [0.15, 0.2) is 11.5 Å². The van der Waals surface area contributed by atoms with E-state index in [0.29, 0.717) is 27.6 Å². The molecule has 0 aliphatic heterocycles. The lowest BCUT2D eigenvalue weighted by molar-refractivity contribution is 0.230. The van der Waals surface area contributed by atoms with Crippen molar-refractivity contribution >= 4 is 23.8 Å². The number of hydrogen-bond acceptors (Lipinski definition) is 7. The fourth-order valence-electron chi connectivity index (χ4n) is 2.75. The number of halogens is 1. The fraction of sp³-hybridized carbons (Fsp3) is 0.182. The monoisotopic (exact) mass is 437 g/mol. The Morgan fingerprint density at radius 3 is 2.65 bits per heavy atom. The number of rotatable bonds is 7. The predicted molar refractivity (Wildman–Crippen MR) is 120 cm³/mol. The molecule has 9 heteroatoms. The summed E-state index contributed by atoms with van der Waals surface area (Å²) in [7, 11) is 1.53. The molecule has 0 aliphatic rings. The minimum atomic E-state index is -0.566. The second-order valence-corrected chi connectivity index (χ2v) is 7.08. The van der Waals surface area contributed by atoms with E-state index in [0.717, 1.165) is 0 Å². The third-order valence-electron chi connectivity index (χ3n) is 4.10. The molecule has 2 N–H and O–H groups in total. The van der Waals surface area contributed by atoms with E-state index in [-0.39, 0.29) is 23.3 Å². The van der Waals surface area contributed by atoms with Gasteiger partial charge < -0.3 is 9.47 Å². The molecule has 0 bridgehead atoms. The first kappa shape index (κ1) is 21.9. The number of nitrogens with zero attached hydrogens (tertiary/aromatic N) is 3. The minimum Gasteiger partial charge on any atom is -0.493 e. The number of aromatic amines is 1. The summed E-state index contributed by atoms with van der Waals surface area (Å²) in [5, 5.41) is 13.8. The molecule has 0 fully saturated rings. The number of aromatic nitrogens is 2. The number of benzene rings is 2. The average Bonchev–Trinajstić information content (AvgIpc) is 2.75. The van der Waals surface area contributed by atoms with E-state index in [1.807, 2.05) is 26.0 Å². The van der Waals surface area contributed by atoms with Crippen molar-refractivity contribution in [2.45, 2.75) is 20.0 Å². The van der Waals surface area contributed by atoms with Gasteiger partial charge in [0.25, 0.3) is 5.56 Å². The van der Waals surface area contributed by atoms with Crippen molar-refractivity contribution < 1.29 is 9.47 Å². The lowest BCUT2D eigenvalue weighted by Crippen LogP contribution is -2.16.